The number of ether oxygens (including phenoxy) is 1. The van der Waals surface area contributed by atoms with Crippen LogP contribution in [0.1, 0.15) is 24.3 Å². The topological polar surface area (TPSA) is 120 Å². The number of hydrogen-bond donors (Lipinski definition) is 0. The molecule has 0 aliphatic carbocycles. The third-order valence-electron chi connectivity index (χ3n) is 4.90. The van der Waals surface area contributed by atoms with Gasteiger partial charge in [-0.3, -0.25) is 4.79 Å². The summed E-state index contributed by atoms with van der Waals surface area (Å²) in [5, 5.41) is 3.62. The van der Waals surface area contributed by atoms with Crippen molar-refractivity contribution in [1.29, 1.82) is 0 Å². The minimum Gasteiger partial charge on any atom is -0.470 e. The molecule has 0 spiro atoms. The van der Waals surface area contributed by atoms with E-state index in [0.29, 0.717) is 6.54 Å². The smallest absolute Gasteiger partial charge is 0.456 e. The van der Waals surface area contributed by atoms with Crippen molar-refractivity contribution < 1.29 is 39.9 Å². The highest BCUT2D eigenvalue weighted by Gasteiger charge is 2.58. The second-order valence-corrected chi connectivity index (χ2v) is 9.39. The Morgan fingerprint density at radius 3 is 2.34 bits per heavy atom. The number of hydrogen-bond acceptors (Lipinski definition) is 8. The number of carbonyl (C=O) groups excluding carboxylic acids is 1. The summed E-state index contributed by atoms with van der Waals surface area (Å²) >= 11 is 0. The Labute approximate surface area is 195 Å². The van der Waals surface area contributed by atoms with E-state index >= 15 is 0 Å². The summed E-state index contributed by atoms with van der Waals surface area (Å²) in [6.07, 6.45) is -2.87. The van der Waals surface area contributed by atoms with Crippen molar-refractivity contribution in [3.8, 4) is 17.1 Å². The number of carbonyl (C=O) groups is 1. The zero-order valence-electron chi connectivity index (χ0n) is 18.5. The monoisotopic (exact) mass is 522 g/mol. The Hall–Kier alpha value is -3.43. The molecule has 190 valence electrons. The number of nitrogens with zero attached hydrogens (tertiary/aromatic N) is 6. The second kappa shape index (κ2) is 9.31. The number of sulfone groups is 1. The van der Waals surface area contributed by atoms with Gasteiger partial charge in [-0.25, -0.2) is 27.9 Å². The van der Waals surface area contributed by atoms with Crippen molar-refractivity contribution in [2.24, 2.45) is 0 Å². The first-order valence-electron chi connectivity index (χ1n) is 9.99. The Bertz CT molecular complexity index is 1340. The van der Waals surface area contributed by atoms with Crippen LogP contribution >= 0.6 is 0 Å². The van der Waals surface area contributed by atoms with E-state index < -0.39 is 45.4 Å². The summed E-state index contributed by atoms with van der Waals surface area (Å²) in [4.78, 5) is 25.8. The molecule has 3 rings (SSSR count). The molecule has 0 aliphatic rings. The predicted molar refractivity (Wildman–Crippen MR) is 111 cm³/mol. The molecule has 0 unspecified atom stereocenters. The second-order valence-electron chi connectivity index (χ2n) is 7.20. The molecule has 0 aliphatic heterocycles. The van der Waals surface area contributed by atoms with Crippen LogP contribution in [0.2, 0.25) is 0 Å². The first kappa shape index (κ1) is 26.2. The molecule has 3 aromatic rings. The van der Waals surface area contributed by atoms with Gasteiger partial charge in [-0.15, -0.1) is 0 Å². The molecule has 0 N–H and O–H groups in total. The van der Waals surface area contributed by atoms with Crippen LogP contribution in [0.3, 0.4) is 0 Å². The molecule has 35 heavy (non-hydrogen) atoms. The summed E-state index contributed by atoms with van der Waals surface area (Å²) in [7, 11) is -2.45. The fourth-order valence-electron chi connectivity index (χ4n) is 2.77. The highest BCUT2D eigenvalue weighted by molar-refractivity contribution is 7.91. The highest BCUT2D eigenvalue weighted by atomic mass is 32.2. The fraction of sp³-hybridized carbons (Fsp3) is 0.421. The van der Waals surface area contributed by atoms with Crippen molar-refractivity contribution in [2.75, 3.05) is 26.0 Å². The average Bonchev–Trinajstić information content (AvgIpc) is 3.22. The van der Waals surface area contributed by atoms with Crippen LogP contribution in [0.5, 0.6) is 5.88 Å². The lowest BCUT2D eigenvalue weighted by Gasteiger charge is -2.19. The molecular weight excluding hydrogens is 503 g/mol. The summed E-state index contributed by atoms with van der Waals surface area (Å²) in [5.41, 5.74) is -0.303. The number of amides is 1. The van der Waals surface area contributed by atoms with Gasteiger partial charge in [0.2, 0.25) is 5.88 Å². The van der Waals surface area contributed by atoms with E-state index in [9.17, 15) is 35.2 Å². The van der Waals surface area contributed by atoms with E-state index in [1.54, 1.807) is 6.92 Å². The fourth-order valence-corrected chi connectivity index (χ4v) is 3.76. The van der Waals surface area contributed by atoms with Crippen molar-refractivity contribution in [2.45, 2.75) is 31.0 Å². The van der Waals surface area contributed by atoms with Gasteiger partial charge in [-0.1, -0.05) is 6.92 Å². The summed E-state index contributed by atoms with van der Waals surface area (Å²) in [5.74, 6) is -6.59. The van der Waals surface area contributed by atoms with E-state index in [1.165, 1.54) is 31.1 Å². The van der Waals surface area contributed by atoms with Gasteiger partial charge < -0.3 is 9.64 Å². The minimum atomic E-state index is -5.81. The molecule has 3 heterocycles. The van der Waals surface area contributed by atoms with Gasteiger partial charge in [0.25, 0.3) is 5.91 Å². The Balaban J connectivity index is 2.09. The van der Waals surface area contributed by atoms with Gasteiger partial charge in [0.1, 0.15) is 5.69 Å². The molecule has 0 bridgehead atoms. The third kappa shape index (κ3) is 5.01. The number of fused-ring (bicyclic) bond motifs is 1. The van der Waals surface area contributed by atoms with Crippen molar-refractivity contribution in [3.63, 3.8) is 0 Å². The maximum absolute atomic E-state index is 13.1. The van der Waals surface area contributed by atoms with Crippen molar-refractivity contribution in [3.05, 3.63) is 30.4 Å². The molecule has 3 aromatic heterocycles. The maximum Gasteiger partial charge on any atom is 0.456 e. The van der Waals surface area contributed by atoms with E-state index in [-0.39, 0.29) is 28.4 Å². The standard InChI is InChI=1S/C19H19F5N6O4S/c1-4-29(3)17(31)12-6-7-25-15-14(16(28-30(12)15)35(32,33)5-2)11-8-27-13(9-26-11)34-10-18(20,21)19(22,23)24/h6-9H,4-5,10H2,1-3H3. The summed E-state index contributed by atoms with van der Waals surface area (Å²) in [6, 6.07) is 1.35. The molecule has 0 saturated carbocycles. The number of alkyl halides is 5. The van der Waals surface area contributed by atoms with E-state index in [1.807, 2.05) is 0 Å². The molecule has 0 aromatic carbocycles. The summed E-state index contributed by atoms with van der Waals surface area (Å²) in [6.45, 7) is 1.45. The third-order valence-corrected chi connectivity index (χ3v) is 6.54. The van der Waals surface area contributed by atoms with Crippen LogP contribution < -0.4 is 4.74 Å². The molecule has 16 heteroatoms. The van der Waals surface area contributed by atoms with Gasteiger partial charge in [-0.05, 0) is 13.0 Å². The van der Waals surface area contributed by atoms with E-state index in [0.717, 1.165) is 16.9 Å². The average molecular weight is 522 g/mol. The van der Waals surface area contributed by atoms with Gasteiger partial charge in [-0.2, -0.15) is 27.1 Å². The zero-order chi connectivity index (χ0) is 26.2. The van der Waals surface area contributed by atoms with Crippen molar-refractivity contribution in [1.82, 2.24) is 29.5 Å². The molecule has 0 fully saturated rings. The van der Waals surface area contributed by atoms with Crippen LogP contribution in [0.4, 0.5) is 22.0 Å². The Morgan fingerprint density at radius 2 is 1.80 bits per heavy atom. The highest BCUT2D eigenvalue weighted by Crippen LogP contribution is 2.36. The van der Waals surface area contributed by atoms with Gasteiger partial charge in [0, 0.05) is 19.8 Å². The van der Waals surface area contributed by atoms with Crippen LogP contribution in [0.25, 0.3) is 16.9 Å². The van der Waals surface area contributed by atoms with E-state index in [2.05, 4.69) is 24.8 Å². The summed E-state index contributed by atoms with van der Waals surface area (Å²) < 4.78 is 94.1. The van der Waals surface area contributed by atoms with Crippen molar-refractivity contribution >= 4 is 21.4 Å². The largest absolute Gasteiger partial charge is 0.470 e. The lowest BCUT2D eigenvalue weighted by atomic mass is 10.2. The van der Waals surface area contributed by atoms with Gasteiger partial charge >= 0.3 is 12.1 Å². The quantitative estimate of drug-likeness (QED) is 0.414. The first-order chi connectivity index (χ1) is 16.2. The lowest BCUT2D eigenvalue weighted by Crippen LogP contribution is -2.41. The maximum atomic E-state index is 13.1. The Kier molecular flexibility index (Phi) is 6.97. The number of rotatable bonds is 8. The molecule has 0 radical (unpaired) electrons. The molecule has 0 saturated heterocycles. The first-order valence-corrected chi connectivity index (χ1v) is 11.6. The lowest BCUT2D eigenvalue weighted by molar-refractivity contribution is -0.290. The van der Waals surface area contributed by atoms with Gasteiger partial charge in [0.05, 0.1) is 29.4 Å². The number of aromatic nitrogens is 5. The normalized spacial score (nSPS) is 12.7. The van der Waals surface area contributed by atoms with Crippen LogP contribution in [-0.2, 0) is 9.84 Å². The van der Waals surface area contributed by atoms with Crippen LogP contribution in [-0.4, -0.2) is 81.8 Å². The molecule has 1 amide bonds. The van der Waals surface area contributed by atoms with Crippen LogP contribution in [0, 0.1) is 0 Å². The Morgan fingerprint density at radius 1 is 1.11 bits per heavy atom. The number of halogens is 5. The van der Waals surface area contributed by atoms with Crippen LogP contribution in [0.15, 0.2) is 29.7 Å². The molecular formula is C19H19F5N6O4S. The zero-order valence-corrected chi connectivity index (χ0v) is 19.4. The van der Waals surface area contributed by atoms with E-state index in [4.69, 9.17) is 0 Å². The predicted octanol–water partition coefficient (Wildman–Crippen LogP) is 2.65. The minimum absolute atomic E-state index is 0.0143. The van der Waals surface area contributed by atoms with Gasteiger partial charge in [0.15, 0.2) is 27.1 Å². The molecule has 0 atom stereocenters. The SMILES string of the molecule is CCN(C)C(=O)c1ccnc2c(-c3cnc(OCC(F)(F)C(F)(F)F)cn3)c(S(=O)(=O)CC)nn12. The molecule has 10 nitrogen and oxygen atoms in total.